The van der Waals surface area contributed by atoms with E-state index in [1.54, 1.807) is 6.20 Å². The number of carbonyl (C=O) groups is 1. The molecule has 6 heteroatoms. The molecule has 0 bridgehead atoms. The molecule has 0 spiro atoms. The predicted molar refractivity (Wildman–Crippen MR) is 79.3 cm³/mol. The second-order valence-electron chi connectivity index (χ2n) is 3.67. The zero-order chi connectivity index (χ0) is 13.1. The fourth-order valence-electron chi connectivity index (χ4n) is 1.41. The molecule has 1 N–H and O–H groups in total. The number of nitrogens with zero attached hydrogens (tertiary/aromatic N) is 1. The first-order valence-corrected chi connectivity index (χ1v) is 7.08. The first-order valence-electron chi connectivity index (χ1n) is 5.21. The summed E-state index contributed by atoms with van der Waals surface area (Å²) in [6, 6.07) is 5.60. The van der Waals surface area contributed by atoms with E-state index < -0.39 is 0 Å². The molecule has 4 nitrogen and oxygen atoms in total. The molecule has 0 aliphatic rings. The van der Waals surface area contributed by atoms with Crippen molar-refractivity contribution in [3.63, 3.8) is 0 Å². The Hall–Kier alpha value is -0.890. The molecule has 2 rings (SSSR count). The average Bonchev–Trinajstić information content (AvgIpc) is 2.75. The molecule has 0 fully saturated rings. The van der Waals surface area contributed by atoms with E-state index in [2.05, 4.69) is 48.8 Å². The maximum absolute atomic E-state index is 12.0. The summed E-state index contributed by atoms with van der Waals surface area (Å²) in [5.41, 5.74) is 0.602. The van der Waals surface area contributed by atoms with Gasteiger partial charge in [0.15, 0.2) is 0 Å². The van der Waals surface area contributed by atoms with E-state index >= 15 is 0 Å². The Bertz CT molecular complexity index is 583. The van der Waals surface area contributed by atoms with Crippen LogP contribution in [0.15, 0.2) is 33.3 Å². The lowest BCUT2D eigenvalue weighted by molar-refractivity contribution is 0.0946. The smallest absolute Gasteiger partial charge is 0.252 e. The molecule has 0 atom stereocenters. The number of carbonyl (C=O) groups excluding carboxylic acids is 1. The molecule has 1 aromatic carbocycles. The van der Waals surface area contributed by atoms with Gasteiger partial charge in [-0.1, -0.05) is 0 Å². The van der Waals surface area contributed by atoms with Crippen molar-refractivity contribution in [3.05, 3.63) is 49.7 Å². The van der Waals surface area contributed by atoms with Gasteiger partial charge in [-0.25, -0.2) is 4.98 Å². The number of oxazole rings is 1. The van der Waals surface area contributed by atoms with Gasteiger partial charge in [0, 0.05) is 8.04 Å². The van der Waals surface area contributed by atoms with Gasteiger partial charge >= 0.3 is 0 Å². The maximum atomic E-state index is 12.0. The minimum atomic E-state index is -0.156. The number of benzene rings is 1. The number of nitrogens with one attached hydrogen (secondary N) is 1. The van der Waals surface area contributed by atoms with Crippen molar-refractivity contribution in [2.24, 2.45) is 0 Å². The summed E-state index contributed by atoms with van der Waals surface area (Å²) in [5.74, 6) is 1.08. The minimum Gasteiger partial charge on any atom is -0.444 e. The Labute approximate surface area is 126 Å². The third-order valence-corrected chi connectivity index (χ3v) is 3.60. The number of halogens is 2. The molecule has 1 aromatic heterocycles. The van der Waals surface area contributed by atoms with Crippen molar-refractivity contribution >= 4 is 44.4 Å². The van der Waals surface area contributed by atoms with E-state index in [4.69, 9.17) is 4.42 Å². The van der Waals surface area contributed by atoms with E-state index in [-0.39, 0.29) is 12.5 Å². The number of aryl methyl sites for hydroxylation is 1. The summed E-state index contributed by atoms with van der Waals surface area (Å²) < 4.78 is 7.06. The normalized spacial score (nSPS) is 10.4. The van der Waals surface area contributed by atoms with Crippen LogP contribution in [0.1, 0.15) is 22.0 Å². The number of hydrogen-bond donors (Lipinski definition) is 1. The van der Waals surface area contributed by atoms with Crippen LogP contribution >= 0.6 is 38.5 Å². The summed E-state index contributed by atoms with van der Waals surface area (Å²) in [6.45, 7) is 2.10. The van der Waals surface area contributed by atoms with Gasteiger partial charge in [-0.2, -0.15) is 0 Å². The Morgan fingerprint density at radius 2 is 2.33 bits per heavy atom. The fraction of sp³-hybridized carbons (Fsp3) is 0.167. The van der Waals surface area contributed by atoms with Gasteiger partial charge in [0.2, 0.25) is 5.89 Å². The predicted octanol–water partition coefficient (Wildman–Crippen LogP) is 3.28. The topological polar surface area (TPSA) is 55.1 Å². The summed E-state index contributed by atoms with van der Waals surface area (Å²) >= 11 is 5.53. The van der Waals surface area contributed by atoms with E-state index in [1.165, 1.54) is 0 Å². The minimum absolute atomic E-state index is 0.156. The number of rotatable bonds is 3. The van der Waals surface area contributed by atoms with Crippen LogP contribution in [0, 0.1) is 10.5 Å². The average molecular weight is 421 g/mol. The highest BCUT2D eigenvalue weighted by Gasteiger charge is 2.11. The van der Waals surface area contributed by atoms with Crippen LogP contribution in [-0.2, 0) is 6.54 Å². The highest BCUT2D eigenvalue weighted by molar-refractivity contribution is 14.1. The number of hydrogen-bond acceptors (Lipinski definition) is 3. The molecule has 1 amide bonds. The van der Waals surface area contributed by atoms with Crippen LogP contribution in [0.4, 0.5) is 0 Å². The van der Waals surface area contributed by atoms with Crippen LogP contribution in [0.3, 0.4) is 0 Å². The first kappa shape index (κ1) is 13.5. The molecule has 0 saturated heterocycles. The highest BCUT2D eigenvalue weighted by atomic mass is 127. The fourth-order valence-corrected chi connectivity index (χ4v) is 2.32. The Morgan fingerprint density at radius 1 is 1.56 bits per heavy atom. The van der Waals surface area contributed by atoms with E-state index in [1.807, 2.05) is 25.1 Å². The van der Waals surface area contributed by atoms with Crippen molar-refractivity contribution in [2.45, 2.75) is 13.5 Å². The van der Waals surface area contributed by atoms with Crippen LogP contribution in [-0.4, -0.2) is 10.9 Å². The summed E-state index contributed by atoms with van der Waals surface area (Å²) in [6.07, 6.45) is 1.63. The Morgan fingerprint density at radius 3 is 3.00 bits per heavy atom. The molecular weight excluding hydrogens is 411 g/mol. The Kier molecular flexibility index (Phi) is 4.39. The first-order chi connectivity index (χ1) is 8.56. The molecule has 0 aliphatic heterocycles. The second-order valence-corrected chi connectivity index (χ2v) is 5.77. The molecule has 0 saturated carbocycles. The van der Waals surface area contributed by atoms with E-state index in [0.29, 0.717) is 11.5 Å². The molecule has 0 radical (unpaired) electrons. The third kappa shape index (κ3) is 3.32. The highest BCUT2D eigenvalue weighted by Crippen LogP contribution is 2.19. The lowest BCUT2D eigenvalue weighted by atomic mass is 10.2. The van der Waals surface area contributed by atoms with Gasteiger partial charge < -0.3 is 9.73 Å². The van der Waals surface area contributed by atoms with Crippen molar-refractivity contribution in [3.8, 4) is 0 Å². The van der Waals surface area contributed by atoms with Crippen LogP contribution in [0.2, 0.25) is 0 Å². The van der Waals surface area contributed by atoms with Crippen LogP contribution in [0.5, 0.6) is 0 Å². The van der Waals surface area contributed by atoms with Crippen LogP contribution in [0.25, 0.3) is 0 Å². The third-order valence-electron chi connectivity index (χ3n) is 2.24. The SMILES string of the molecule is Cc1cnc(CNC(=O)c2cc(I)ccc2Br)o1. The van der Waals surface area contributed by atoms with Gasteiger partial charge in [0.25, 0.3) is 5.91 Å². The van der Waals surface area contributed by atoms with Gasteiger partial charge in [-0.3, -0.25) is 4.79 Å². The van der Waals surface area contributed by atoms with Crippen molar-refractivity contribution in [1.29, 1.82) is 0 Å². The largest absolute Gasteiger partial charge is 0.444 e. The van der Waals surface area contributed by atoms with E-state index in [0.717, 1.165) is 13.8 Å². The molecule has 0 aliphatic carbocycles. The van der Waals surface area contributed by atoms with Crippen molar-refractivity contribution < 1.29 is 9.21 Å². The zero-order valence-electron chi connectivity index (χ0n) is 9.54. The quantitative estimate of drug-likeness (QED) is 0.775. The molecular formula is C12H10BrIN2O2. The van der Waals surface area contributed by atoms with Gasteiger partial charge in [0.1, 0.15) is 5.76 Å². The molecule has 2 aromatic rings. The van der Waals surface area contributed by atoms with Gasteiger partial charge in [-0.05, 0) is 63.6 Å². The lowest BCUT2D eigenvalue weighted by Crippen LogP contribution is -2.23. The molecule has 94 valence electrons. The molecule has 1 heterocycles. The van der Waals surface area contributed by atoms with E-state index in [9.17, 15) is 4.79 Å². The van der Waals surface area contributed by atoms with Crippen molar-refractivity contribution in [1.82, 2.24) is 10.3 Å². The van der Waals surface area contributed by atoms with Crippen LogP contribution < -0.4 is 5.32 Å². The van der Waals surface area contributed by atoms with Gasteiger partial charge in [0.05, 0.1) is 18.3 Å². The molecule has 0 unspecified atom stereocenters. The summed E-state index contributed by atoms with van der Waals surface area (Å²) in [5, 5.41) is 2.77. The number of aromatic nitrogens is 1. The maximum Gasteiger partial charge on any atom is 0.252 e. The summed E-state index contributed by atoms with van der Waals surface area (Å²) in [4.78, 5) is 16.0. The number of amides is 1. The monoisotopic (exact) mass is 420 g/mol. The Balaban J connectivity index is 2.05. The van der Waals surface area contributed by atoms with Gasteiger partial charge in [-0.15, -0.1) is 0 Å². The standard InChI is InChI=1S/C12H10BrIN2O2/c1-7-5-15-11(18-7)6-16-12(17)9-4-8(14)2-3-10(9)13/h2-5H,6H2,1H3,(H,16,17). The second kappa shape index (κ2) is 5.83. The lowest BCUT2D eigenvalue weighted by Gasteiger charge is -2.05. The summed E-state index contributed by atoms with van der Waals surface area (Å²) in [7, 11) is 0. The zero-order valence-corrected chi connectivity index (χ0v) is 13.3. The molecule has 18 heavy (non-hydrogen) atoms. The van der Waals surface area contributed by atoms with Crippen molar-refractivity contribution in [2.75, 3.05) is 0 Å².